The van der Waals surface area contributed by atoms with Crippen molar-refractivity contribution in [3.05, 3.63) is 51.3 Å². The Kier molecular flexibility index (Phi) is 4.54. The molecule has 1 aromatic heterocycles. The van der Waals surface area contributed by atoms with Crippen molar-refractivity contribution in [1.82, 2.24) is 9.78 Å². The van der Waals surface area contributed by atoms with E-state index in [4.69, 9.17) is 16.9 Å². The summed E-state index contributed by atoms with van der Waals surface area (Å²) in [7, 11) is 0. The summed E-state index contributed by atoms with van der Waals surface area (Å²) in [6.07, 6.45) is 0.897. The van der Waals surface area contributed by atoms with E-state index in [0.29, 0.717) is 22.8 Å². The summed E-state index contributed by atoms with van der Waals surface area (Å²) < 4.78 is 1.43. The van der Waals surface area contributed by atoms with E-state index in [2.05, 4.69) is 5.10 Å². The topological polar surface area (TPSA) is 58.7 Å². The van der Waals surface area contributed by atoms with Gasteiger partial charge in [0.25, 0.3) is 5.56 Å². The molecule has 0 amide bonds. The van der Waals surface area contributed by atoms with Crippen LogP contribution in [0.2, 0.25) is 5.02 Å². The Morgan fingerprint density at radius 2 is 2.05 bits per heavy atom. The molecule has 0 aliphatic rings. The Morgan fingerprint density at radius 1 is 1.35 bits per heavy atom. The maximum Gasteiger partial charge on any atom is 0.271 e. The van der Waals surface area contributed by atoms with E-state index in [0.717, 1.165) is 12.0 Å². The van der Waals surface area contributed by atoms with Gasteiger partial charge in [-0.05, 0) is 24.6 Å². The molecule has 0 bridgehead atoms. The lowest BCUT2D eigenvalue weighted by molar-refractivity contribution is 0.566. The van der Waals surface area contributed by atoms with Crippen LogP contribution in [0.25, 0.3) is 11.3 Å². The van der Waals surface area contributed by atoms with Crippen LogP contribution in [0.5, 0.6) is 0 Å². The standard InChI is InChI=1S/C15H14ClN3O/c1-2-9-19-15(20)12(7-8-17)10-14(18-19)11-3-5-13(16)6-4-11/h3-6,10H,2,7,9H2,1H3. The molecule has 0 saturated carbocycles. The highest BCUT2D eigenvalue weighted by molar-refractivity contribution is 6.30. The molecule has 0 radical (unpaired) electrons. The van der Waals surface area contributed by atoms with Crippen molar-refractivity contribution < 1.29 is 0 Å². The minimum absolute atomic E-state index is 0.0889. The van der Waals surface area contributed by atoms with Gasteiger partial charge in [0.15, 0.2) is 0 Å². The summed E-state index contributed by atoms with van der Waals surface area (Å²) in [5, 5.41) is 13.8. The first-order valence-corrected chi connectivity index (χ1v) is 6.77. The zero-order valence-corrected chi connectivity index (χ0v) is 11.9. The van der Waals surface area contributed by atoms with Crippen LogP contribution < -0.4 is 5.56 Å². The van der Waals surface area contributed by atoms with Crippen LogP contribution in [0, 0.1) is 11.3 Å². The van der Waals surface area contributed by atoms with Crippen LogP contribution in [0.15, 0.2) is 35.1 Å². The van der Waals surface area contributed by atoms with Crippen LogP contribution in [0.4, 0.5) is 0 Å². The first-order valence-electron chi connectivity index (χ1n) is 6.39. The van der Waals surface area contributed by atoms with E-state index in [1.165, 1.54) is 4.68 Å². The summed E-state index contributed by atoms with van der Waals surface area (Å²) in [6, 6.07) is 11.0. The fourth-order valence-electron chi connectivity index (χ4n) is 1.93. The molecule has 4 nitrogen and oxygen atoms in total. The van der Waals surface area contributed by atoms with Gasteiger partial charge in [0.2, 0.25) is 0 Å². The zero-order valence-electron chi connectivity index (χ0n) is 11.1. The largest absolute Gasteiger partial charge is 0.271 e. The van der Waals surface area contributed by atoms with Gasteiger partial charge >= 0.3 is 0 Å². The zero-order chi connectivity index (χ0) is 14.5. The van der Waals surface area contributed by atoms with Crippen LogP contribution in [-0.4, -0.2) is 9.78 Å². The molecular weight excluding hydrogens is 274 g/mol. The van der Waals surface area contributed by atoms with Gasteiger partial charge in [-0.1, -0.05) is 30.7 Å². The molecule has 20 heavy (non-hydrogen) atoms. The number of aromatic nitrogens is 2. The fourth-order valence-corrected chi connectivity index (χ4v) is 2.06. The second kappa shape index (κ2) is 6.36. The molecule has 2 aromatic rings. The smallest absolute Gasteiger partial charge is 0.267 e. The lowest BCUT2D eigenvalue weighted by atomic mass is 10.1. The normalized spacial score (nSPS) is 10.2. The van der Waals surface area contributed by atoms with E-state index in [-0.39, 0.29) is 12.0 Å². The van der Waals surface area contributed by atoms with Gasteiger partial charge in [-0.15, -0.1) is 0 Å². The first kappa shape index (κ1) is 14.3. The first-order chi connectivity index (χ1) is 9.65. The molecule has 0 spiro atoms. The molecule has 0 N–H and O–H groups in total. The van der Waals surface area contributed by atoms with Crippen LogP contribution in [-0.2, 0) is 13.0 Å². The average Bonchev–Trinajstić information content (AvgIpc) is 2.44. The molecule has 0 aliphatic carbocycles. The number of aryl methyl sites for hydroxylation is 1. The monoisotopic (exact) mass is 287 g/mol. The van der Waals surface area contributed by atoms with E-state index in [9.17, 15) is 4.79 Å². The van der Waals surface area contributed by atoms with E-state index in [1.54, 1.807) is 18.2 Å². The predicted octanol–water partition coefficient (Wildman–Crippen LogP) is 3.04. The molecule has 5 heteroatoms. The Balaban J connectivity index is 2.55. The maximum atomic E-state index is 12.1. The van der Waals surface area contributed by atoms with Crippen LogP contribution in [0.3, 0.4) is 0 Å². The number of nitrogens with zero attached hydrogens (tertiary/aromatic N) is 3. The Labute approximate surface area is 122 Å². The lowest BCUT2D eigenvalue weighted by Gasteiger charge is -2.08. The van der Waals surface area contributed by atoms with E-state index < -0.39 is 0 Å². The molecule has 1 heterocycles. The summed E-state index contributed by atoms with van der Waals surface area (Å²) in [5.74, 6) is 0. The highest BCUT2D eigenvalue weighted by Crippen LogP contribution is 2.19. The van der Waals surface area contributed by atoms with Gasteiger partial charge in [-0.3, -0.25) is 4.79 Å². The van der Waals surface area contributed by atoms with Gasteiger partial charge in [-0.25, -0.2) is 4.68 Å². The summed E-state index contributed by atoms with van der Waals surface area (Å²) in [6.45, 7) is 2.52. The summed E-state index contributed by atoms with van der Waals surface area (Å²) >= 11 is 5.87. The van der Waals surface area contributed by atoms with Crippen molar-refractivity contribution in [2.45, 2.75) is 26.3 Å². The van der Waals surface area contributed by atoms with Crippen molar-refractivity contribution in [3.8, 4) is 17.3 Å². The lowest BCUT2D eigenvalue weighted by Crippen LogP contribution is -2.26. The average molecular weight is 288 g/mol. The Morgan fingerprint density at radius 3 is 2.65 bits per heavy atom. The number of benzene rings is 1. The van der Waals surface area contributed by atoms with Crippen molar-refractivity contribution in [1.29, 1.82) is 5.26 Å². The molecular formula is C15H14ClN3O. The van der Waals surface area contributed by atoms with Crippen molar-refractivity contribution >= 4 is 11.6 Å². The van der Waals surface area contributed by atoms with Crippen LogP contribution in [0.1, 0.15) is 18.9 Å². The molecule has 102 valence electrons. The second-order valence-electron chi connectivity index (χ2n) is 4.42. The molecule has 0 atom stereocenters. The SMILES string of the molecule is CCCn1nc(-c2ccc(Cl)cc2)cc(CC#N)c1=O. The van der Waals surface area contributed by atoms with Crippen LogP contribution >= 0.6 is 11.6 Å². The Bertz CT molecular complexity index is 699. The van der Waals surface area contributed by atoms with Gasteiger partial charge < -0.3 is 0 Å². The van der Waals surface area contributed by atoms with Gasteiger partial charge in [-0.2, -0.15) is 10.4 Å². The van der Waals surface area contributed by atoms with E-state index >= 15 is 0 Å². The third kappa shape index (κ3) is 3.06. The molecule has 0 fully saturated rings. The molecule has 1 aromatic carbocycles. The highest BCUT2D eigenvalue weighted by atomic mass is 35.5. The summed E-state index contributed by atoms with van der Waals surface area (Å²) in [4.78, 5) is 12.1. The number of hydrogen-bond donors (Lipinski definition) is 0. The minimum Gasteiger partial charge on any atom is -0.267 e. The number of halogens is 1. The van der Waals surface area contributed by atoms with Gasteiger partial charge in [0, 0.05) is 22.7 Å². The van der Waals surface area contributed by atoms with Crippen molar-refractivity contribution in [2.24, 2.45) is 0 Å². The fraction of sp³-hybridized carbons (Fsp3) is 0.267. The molecule has 0 unspecified atom stereocenters. The van der Waals surface area contributed by atoms with Gasteiger partial charge in [0.1, 0.15) is 0 Å². The predicted molar refractivity (Wildman–Crippen MR) is 78.6 cm³/mol. The third-order valence-electron chi connectivity index (χ3n) is 2.89. The number of rotatable bonds is 4. The maximum absolute atomic E-state index is 12.1. The Hall–Kier alpha value is -2.12. The minimum atomic E-state index is -0.189. The van der Waals surface area contributed by atoms with E-state index in [1.807, 2.05) is 25.1 Å². The van der Waals surface area contributed by atoms with Gasteiger partial charge in [0.05, 0.1) is 18.2 Å². The molecule has 0 saturated heterocycles. The quantitative estimate of drug-likeness (QED) is 0.868. The number of hydrogen-bond acceptors (Lipinski definition) is 3. The van der Waals surface area contributed by atoms with Crippen molar-refractivity contribution in [2.75, 3.05) is 0 Å². The highest BCUT2D eigenvalue weighted by Gasteiger charge is 2.09. The number of nitriles is 1. The molecule has 2 rings (SSSR count). The molecule has 0 aliphatic heterocycles. The third-order valence-corrected chi connectivity index (χ3v) is 3.15. The second-order valence-corrected chi connectivity index (χ2v) is 4.86. The van der Waals surface area contributed by atoms with Crippen molar-refractivity contribution in [3.63, 3.8) is 0 Å². The summed E-state index contributed by atoms with van der Waals surface area (Å²) in [5.41, 5.74) is 1.84.